The molecule has 1 N–H and O–H groups in total. The minimum Gasteiger partial charge on any atom is -0.478 e. The van der Waals surface area contributed by atoms with E-state index in [1.807, 2.05) is 0 Å². The number of carboxylic acids is 1. The lowest BCUT2D eigenvalue weighted by atomic mass is 10.2. The van der Waals surface area contributed by atoms with E-state index in [9.17, 15) is 18.0 Å². The van der Waals surface area contributed by atoms with Gasteiger partial charge in [0.15, 0.2) is 0 Å². The molecule has 90 valence electrons. The van der Waals surface area contributed by atoms with E-state index in [0.29, 0.717) is 0 Å². The quantitative estimate of drug-likeness (QED) is 0.881. The van der Waals surface area contributed by atoms with Gasteiger partial charge in [-0.15, -0.1) is 0 Å². The molecule has 0 atom stereocenters. The maximum atomic E-state index is 12.3. The molecule has 0 aliphatic carbocycles. The summed E-state index contributed by atoms with van der Waals surface area (Å²) in [5.74, 6) is -1.27. The minimum absolute atomic E-state index is 0.0159. The molecule has 0 unspecified atom stereocenters. The smallest absolute Gasteiger partial charge is 0.406 e. The van der Waals surface area contributed by atoms with E-state index >= 15 is 0 Å². The summed E-state index contributed by atoms with van der Waals surface area (Å²) in [6.07, 6.45) is -2.15. The second-order valence-electron chi connectivity index (χ2n) is 3.47. The predicted octanol–water partition coefficient (Wildman–Crippen LogP) is 2.30. The Hall–Kier alpha value is -2.05. The van der Waals surface area contributed by atoms with Crippen LogP contribution < -0.4 is 0 Å². The number of alkyl halides is 3. The van der Waals surface area contributed by atoms with Crippen LogP contribution >= 0.6 is 0 Å². The van der Waals surface area contributed by atoms with Crippen LogP contribution in [-0.4, -0.2) is 26.8 Å². The van der Waals surface area contributed by atoms with Crippen LogP contribution in [0.5, 0.6) is 0 Å². The van der Waals surface area contributed by atoms with Crippen molar-refractivity contribution in [3.63, 3.8) is 0 Å². The van der Waals surface area contributed by atoms with E-state index in [1.165, 1.54) is 18.3 Å². The molecule has 0 saturated heterocycles. The molecule has 4 nitrogen and oxygen atoms in total. The van der Waals surface area contributed by atoms with Crippen LogP contribution in [-0.2, 0) is 6.54 Å². The highest BCUT2D eigenvalue weighted by Crippen LogP contribution is 2.24. The van der Waals surface area contributed by atoms with Crippen LogP contribution in [0.2, 0.25) is 0 Å². The molecule has 0 radical (unpaired) electrons. The number of halogens is 3. The third-order valence-electron chi connectivity index (χ3n) is 2.21. The Morgan fingerprint density at radius 3 is 2.76 bits per heavy atom. The number of carbonyl (C=O) groups is 1. The van der Waals surface area contributed by atoms with E-state index in [1.54, 1.807) is 0 Å². The first-order chi connectivity index (χ1) is 7.88. The fraction of sp³-hybridized carbons (Fsp3) is 0.200. The van der Waals surface area contributed by atoms with Crippen LogP contribution in [0.4, 0.5) is 13.2 Å². The van der Waals surface area contributed by atoms with Gasteiger partial charge in [0.05, 0.1) is 5.56 Å². The topological polar surface area (TPSA) is 55.1 Å². The predicted molar refractivity (Wildman–Crippen MR) is 52.7 cm³/mol. The van der Waals surface area contributed by atoms with Crippen molar-refractivity contribution in [2.45, 2.75) is 12.7 Å². The van der Waals surface area contributed by atoms with E-state index in [0.717, 1.165) is 10.8 Å². The number of hydrogen-bond donors (Lipinski definition) is 1. The molecule has 0 aliphatic rings. The van der Waals surface area contributed by atoms with Gasteiger partial charge >= 0.3 is 12.1 Å². The van der Waals surface area contributed by atoms with Gasteiger partial charge in [-0.25, -0.2) is 9.78 Å². The number of carboxylic acid groups (broad SMARTS) is 1. The third-order valence-corrected chi connectivity index (χ3v) is 2.21. The fourth-order valence-corrected chi connectivity index (χ4v) is 1.61. The van der Waals surface area contributed by atoms with E-state index in [2.05, 4.69) is 4.98 Å². The summed E-state index contributed by atoms with van der Waals surface area (Å²) in [7, 11) is 0. The first kappa shape index (κ1) is 11.4. The Kier molecular flexibility index (Phi) is 2.53. The minimum atomic E-state index is -4.42. The highest BCUT2D eigenvalue weighted by atomic mass is 19.4. The van der Waals surface area contributed by atoms with Gasteiger partial charge < -0.3 is 9.67 Å². The molecule has 0 saturated carbocycles. The van der Waals surface area contributed by atoms with Crippen LogP contribution in [0.1, 0.15) is 10.4 Å². The van der Waals surface area contributed by atoms with Crippen LogP contribution in [0.3, 0.4) is 0 Å². The molecule has 0 amide bonds. The molecule has 0 spiro atoms. The number of pyridine rings is 1. The van der Waals surface area contributed by atoms with Gasteiger partial charge in [0, 0.05) is 17.8 Å². The fourth-order valence-electron chi connectivity index (χ4n) is 1.61. The summed E-state index contributed by atoms with van der Waals surface area (Å²) < 4.78 is 37.6. The first-order valence-electron chi connectivity index (χ1n) is 4.62. The zero-order valence-electron chi connectivity index (χ0n) is 8.40. The second kappa shape index (κ2) is 3.76. The largest absolute Gasteiger partial charge is 0.478 e. The molecule has 2 aromatic heterocycles. The summed E-state index contributed by atoms with van der Waals surface area (Å²) in [5.41, 5.74) is -0.167. The highest BCUT2D eigenvalue weighted by Gasteiger charge is 2.29. The molecule has 0 aliphatic heterocycles. The van der Waals surface area contributed by atoms with Crippen LogP contribution in [0, 0.1) is 0 Å². The van der Waals surface area contributed by atoms with Crippen molar-refractivity contribution >= 4 is 17.0 Å². The van der Waals surface area contributed by atoms with Crippen molar-refractivity contribution in [2.24, 2.45) is 0 Å². The van der Waals surface area contributed by atoms with Gasteiger partial charge in [0.25, 0.3) is 0 Å². The second-order valence-corrected chi connectivity index (χ2v) is 3.47. The normalized spacial score (nSPS) is 11.9. The lowest BCUT2D eigenvalue weighted by molar-refractivity contribution is -0.140. The van der Waals surface area contributed by atoms with Crippen molar-refractivity contribution in [2.75, 3.05) is 0 Å². The number of aromatic carboxylic acids is 1. The molecule has 0 aromatic carbocycles. The number of rotatable bonds is 2. The summed E-state index contributed by atoms with van der Waals surface area (Å²) in [6, 6.07) is 2.91. The molecule has 2 rings (SSSR count). The Morgan fingerprint density at radius 1 is 1.47 bits per heavy atom. The van der Waals surface area contributed by atoms with E-state index in [4.69, 9.17) is 5.11 Å². The summed E-state index contributed by atoms with van der Waals surface area (Å²) in [4.78, 5) is 14.6. The molecule has 0 fully saturated rings. The maximum absolute atomic E-state index is 12.3. The SMILES string of the molecule is O=C(O)c1cn(CC(F)(F)F)c2ncccc12. The molecular weight excluding hydrogens is 237 g/mol. The van der Waals surface area contributed by atoms with Gasteiger partial charge in [-0.1, -0.05) is 0 Å². The number of fused-ring (bicyclic) bond motifs is 1. The van der Waals surface area contributed by atoms with Gasteiger partial charge in [0.2, 0.25) is 0 Å². The Bertz CT molecular complexity index is 574. The standard InChI is InChI=1S/C10H7F3N2O2/c11-10(12,13)5-15-4-7(9(16)17)6-2-1-3-14-8(6)15/h1-4H,5H2,(H,16,17). The van der Waals surface area contributed by atoms with Crippen molar-refractivity contribution in [3.05, 3.63) is 30.1 Å². The Balaban J connectivity index is 2.61. The maximum Gasteiger partial charge on any atom is 0.406 e. The third kappa shape index (κ3) is 2.22. The summed E-state index contributed by atoms with van der Waals surface area (Å²) >= 11 is 0. The molecule has 17 heavy (non-hydrogen) atoms. The Labute approximate surface area is 93.3 Å². The average molecular weight is 244 g/mol. The van der Waals surface area contributed by atoms with E-state index < -0.39 is 18.7 Å². The zero-order chi connectivity index (χ0) is 12.6. The summed E-state index contributed by atoms with van der Waals surface area (Å²) in [5, 5.41) is 9.07. The van der Waals surface area contributed by atoms with Crippen molar-refractivity contribution in [1.29, 1.82) is 0 Å². The monoisotopic (exact) mass is 244 g/mol. The number of hydrogen-bond acceptors (Lipinski definition) is 2. The van der Waals surface area contributed by atoms with Crippen molar-refractivity contribution in [1.82, 2.24) is 9.55 Å². The average Bonchev–Trinajstić information content (AvgIpc) is 2.55. The number of nitrogens with zero attached hydrogens (tertiary/aromatic N) is 2. The van der Waals surface area contributed by atoms with Crippen LogP contribution in [0.25, 0.3) is 11.0 Å². The van der Waals surface area contributed by atoms with Gasteiger partial charge in [0.1, 0.15) is 12.2 Å². The lowest BCUT2D eigenvalue weighted by Crippen LogP contribution is -2.17. The Morgan fingerprint density at radius 2 is 2.18 bits per heavy atom. The summed E-state index contributed by atoms with van der Waals surface area (Å²) in [6.45, 7) is -1.26. The molecular formula is C10H7F3N2O2. The zero-order valence-corrected chi connectivity index (χ0v) is 8.40. The van der Waals surface area contributed by atoms with Gasteiger partial charge in [-0.2, -0.15) is 13.2 Å². The number of aromatic nitrogens is 2. The first-order valence-corrected chi connectivity index (χ1v) is 4.62. The molecule has 2 heterocycles. The van der Waals surface area contributed by atoms with Gasteiger partial charge in [-0.3, -0.25) is 0 Å². The lowest BCUT2D eigenvalue weighted by Gasteiger charge is -2.07. The molecule has 7 heteroatoms. The van der Waals surface area contributed by atoms with Crippen molar-refractivity contribution < 1.29 is 23.1 Å². The molecule has 2 aromatic rings. The van der Waals surface area contributed by atoms with Gasteiger partial charge in [-0.05, 0) is 12.1 Å². The highest BCUT2D eigenvalue weighted by molar-refractivity contribution is 6.02. The molecule has 0 bridgehead atoms. The van der Waals surface area contributed by atoms with Crippen LogP contribution in [0.15, 0.2) is 24.5 Å². The van der Waals surface area contributed by atoms with Crippen molar-refractivity contribution in [3.8, 4) is 0 Å². The van der Waals surface area contributed by atoms with E-state index in [-0.39, 0.29) is 16.6 Å².